The van der Waals surface area contributed by atoms with Crippen molar-refractivity contribution in [1.82, 2.24) is 9.29 Å². The Morgan fingerprint density at radius 1 is 1.61 bits per heavy atom. The van der Waals surface area contributed by atoms with Crippen LogP contribution < -0.4 is 4.72 Å². The highest BCUT2D eigenvalue weighted by atomic mass is 32.2. The fourth-order valence-corrected chi connectivity index (χ4v) is 4.45. The van der Waals surface area contributed by atoms with Crippen LogP contribution in [0.5, 0.6) is 0 Å². The van der Waals surface area contributed by atoms with E-state index in [0.717, 1.165) is 18.6 Å². The van der Waals surface area contributed by atoms with Gasteiger partial charge in [0.05, 0.1) is 11.5 Å². The van der Waals surface area contributed by atoms with Gasteiger partial charge in [-0.1, -0.05) is 0 Å². The van der Waals surface area contributed by atoms with Crippen molar-refractivity contribution in [3.05, 3.63) is 18.0 Å². The van der Waals surface area contributed by atoms with Crippen LogP contribution in [0.25, 0.3) is 0 Å². The normalized spacial score (nSPS) is 20.4. The molecular weight excluding hydrogens is 272 g/mol. The van der Waals surface area contributed by atoms with Gasteiger partial charge in [0, 0.05) is 30.7 Å². The van der Waals surface area contributed by atoms with Gasteiger partial charge in [0.1, 0.15) is 0 Å². The van der Waals surface area contributed by atoms with E-state index in [1.54, 1.807) is 11.6 Å². The standard InChI is InChI=1S/C11H18N2O3S2/c1-13-7-11(5-9(13)8-14)18(15,16)12-6-10-3-2-4-17-10/h5,7,10,12,14H,2-4,6,8H2,1H3. The Hall–Kier alpha value is -0.500. The van der Waals surface area contributed by atoms with Crippen molar-refractivity contribution in [3.8, 4) is 0 Å². The first-order valence-electron chi connectivity index (χ1n) is 5.90. The number of nitrogens with zero attached hydrogens (tertiary/aromatic N) is 1. The summed E-state index contributed by atoms with van der Waals surface area (Å²) in [5, 5.41) is 9.45. The van der Waals surface area contributed by atoms with Crippen LogP contribution in [-0.2, 0) is 23.7 Å². The predicted molar refractivity (Wildman–Crippen MR) is 72.0 cm³/mol. The molecule has 7 heteroatoms. The van der Waals surface area contributed by atoms with Crippen molar-refractivity contribution in [1.29, 1.82) is 0 Å². The molecule has 1 unspecified atom stereocenters. The smallest absolute Gasteiger partial charge is 0.242 e. The van der Waals surface area contributed by atoms with Crippen molar-refractivity contribution in [2.45, 2.75) is 29.6 Å². The quantitative estimate of drug-likeness (QED) is 0.837. The summed E-state index contributed by atoms with van der Waals surface area (Å²) in [6.07, 6.45) is 3.76. The first kappa shape index (κ1) is 13.9. The molecule has 102 valence electrons. The Morgan fingerprint density at radius 3 is 2.94 bits per heavy atom. The minimum atomic E-state index is -3.45. The lowest BCUT2D eigenvalue weighted by atomic mass is 10.2. The van der Waals surface area contributed by atoms with Crippen LogP contribution in [0.1, 0.15) is 18.5 Å². The summed E-state index contributed by atoms with van der Waals surface area (Å²) >= 11 is 1.82. The lowest BCUT2D eigenvalue weighted by molar-refractivity contribution is 0.272. The average molecular weight is 290 g/mol. The maximum atomic E-state index is 12.1. The molecule has 5 nitrogen and oxygen atoms in total. The Bertz CT molecular complexity index is 504. The summed E-state index contributed by atoms with van der Waals surface area (Å²) in [5.74, 6) is 1.12. The molecular formula is C11H18N2O3S2. The summed E-state index contributed by atoms with van der Waals surface area (Å²) in [5.41, 5.74) is 0.589. The van der Waals surface area contributed by atoms with Gasteiger partial charge in [-0.05, 0) is 24.7 Å². The molecule has 2 N–H and O–H groups in total. The second-order valence-electron chi connectivity index (χ2n) is 4.42. The van der Waals surface area contributed by atoms with Crippen LogP contribution in [0, 0.1) is 0 Å². The molecule has 1 aromatic rings. The van der Waals surface area contributed by atoms with Gasteiger partial charge in [-0.2, -0.15) is 11.8 Å². The number of rotatable bonds is 5. The van der Waals surface area contributed by atoms with Gasteiger partial charge in [-0.3, -0.25) is 0 Å². The number of aryl methyl sites for hydroxylation is 1. The van der Waals surface area contributed by atoms with Crippen LogP contribution >= 0.6 is 11.8 Å². The molecule has 0 aliphatic carbocycles. The zero-order valence-electron chi connectivity index (χ0n) is 10.3. The first-order valence-corrected chi connectivity index (χ1v) is 8.43. The molecule has 2 rings (SSSR count). The molecule has 1 saturated heterocycles. The van der Waals surface area contributed by atoms with Crippen LogP contribution in [-0.4, -0.2) is 35.6 Å². The monoisotopic (exact) mass is 290 g/mol. The van der Waals surface area contributed by atoms with Crippen molar-refractivity contribution < 1.29 is 13.5 Å². The van der Waals surface area contributed by atoms with E-state index in [1.807, 2.05) is 11.8 Å². The molecule has 0 aromatic carbocycles. The predicted octanol–water partition coefficient (Wildman–Crippen LogP) is 0.691. The van der Waals surface area contributed by atoms with Crippen LogP contribution in [0.2, 0.25) is 0 Å². The van der Waals surface area contributed by atoms with Crippen molar-refractivity contribution in [2.24, 2.45) is 7.05 Å². The van der Waals surface area contributed by atoms with Gasteiger partial charge in [0.2, 0.25) is 10.0 Å². The second kappa shape index (κ2) is 5.64. The maximum Gasteiger partial charge on any atom is 0.242 e. The zero-order chi connectivity index (χ0) is 13.2. The summed E-state index contributed by atoms with van der Waals surface area (Å²) in [6.45, 7) is 0.320. The lowest BCUT2D eigenvalue weighted by Gasteiger charge is -2.09. The van der Waals surface area contributed by atoms with Gasteiger partial charge >= 0.3 is 0 Å². The van der Waals surface area contributed by atoms with Crippen molar-refractivity contribution in [3.63, 3.8) is 0 Å². The molecule has 0 saturated carbocycles. The average Bonchev–Trinajstić information content (AvgIpc) is 2.95. The number of nitrogens with one attached hydrogen (secondary N) is 1. The first-order chi connectivity index (χ1) is 8.53. The van der Waals surface area contributed by atoms with Crippen LogP contribution in [0.4, 0.5) is 0 Å². The number of hydrogen-bond donors (Lipinski definition) is 2. The third-order valence-corrected chi connectivity index (χ3v) is 5.87. The van der Waals surface area contributed by atoms with Crippen molar-refractivity contribution >= 4 is 21.8 Å². The van der Waals surface area contributed by atoms with Gasteiger partial charge in [0.25, 0.3) is 0 Å². The van der Waals surface area contributed by atoms with E-state index in [9.17, 15) is 8.42 Å². The zero-order valence-corrected chi connectivity index (χ0v) is 11.9. The molecule has 1 fully saturated rings. The van der Waals surface area contributed by atoms with Gasteiger partial charge in [0.15, 0.2) is 0 Å². The molecule has 0 amide bonds. The molecule has 1 atom stereocenters. The largest absolute Gasteiger partial charge is 0.390 e. The van der Waals surface area contributed by atoms with Crippen LogP contribution in [0.3, 0.4) is 0 Å². The maximum absolute atomic E-state index is 12.1. The van der Waals surface area contributed by atoms with E-state index in [0.29, 0.717) is 17.5 Å². The Balaban J connectivity index is 2.04. The van der Waals surface area contributed by atoms with E-state index >= 15 is 0 Å². The fourth-order valence-electron chi connectivity index (χ4n) is 1.97. The minimum Gasteiger partial charge on any atom is -0.390 e. The third-order valence-electron chi connectivity index (χ3n) is 3.08. The fraction of sp³-hybridized carbons (Fsp3) is 0.636. The summed E-state index contributed by atoms with van der Waals surface area (Å²) in [4.78, 5) is 0.219. The lowest BCUT2D eigenvalue weighted by Crippen LogP contribution is -2.29. The van der Waals surface area contributed by atoms with Gasteiger partial charge in [-0.15, -0.1) is 0 Å². The summed E-state index contributed by atoms with van der Waals surface area (Å²) in [6, 6.07) is 1.50. The van der Waals surface area contributed by atoms with E-state index < -0.39 is 10.0 Å². The SMILES string of the molecule is Cn1cc(S(=O)(=O)NCC2CCCS2)cc1CO. The Kier molecular flexibility index (Phi) is 4.37. The molecule has 1 aliphatic heterocycles. The van der Waals surface area contributed by atoms with E-state index in [4.69, 9.17) is 5.11 Å². The number of sulfonamides is 1. The molecule has 0 radical (unpaired) electrons. The topological polar surface area (TPSA) is 71.3 Å². The van der Waals surface area contributed by atoms with Crippen molar-refractivity contribution in [2.75, 3.05) is 12.3 Å². The molecule has 1 aromatic heterocycles. The Morgan fingerprint density at radius 2 is 2.39 bits per heavy atom. The van der Waals surface area contributed by atoms with E-state index in [-0.39, 0.29) is 11.5 Å². The number of hydrogen-bond acceptors (Lipinski definition) is 4. The molecule has 18 heavy (non-hydrogen) atoms. The summed E-state index contributed by atoms with van der Waals surface area (Å²) in [7, 11) is -1.74. The molecule has 0 bridgehead atoms. The van der Waals surface area contributed by atoms with Gasteiger partial charge < -0.3 is 9.67 Å². The number of aromatic nitrogens is 1. The highest BCUT2D eigenvalue weighted by Gasteiger charge is 2.21. The molecule has 0 spiro atoms. The number of aliphatic hydroxyl groups excluding tert-OH is 1. The highest BCUT2D eigenvalue weighted by molar-refractivity contribution is 8.00. The van der Waals surface area contributed by atoms with Gasteiger partial charge in [-0.25, -0.2) is 13.1 Å². The summed E-state index contributed by atoms with van der Waals surface area (Å²) < 4.78 is 28.4. The van der Waals surface area contributed by atoms with E-state index in [1.165, 1.54) is 12.3 Å². The van der Waals surface area contributed by atoms with Crippen LogP contribution in [0.15, 0.2) is 17.2 Å². The Labute approximate surface area is 112 Å². The molecule has 1 aliphatic rings. The number of aliphatic hydroxyl groups is 1. The third kappa shape index (κ3) is 3.09. The minimum absolute atomic E-state index is 0.162. The second-order valence-corrected chi connectivity index (χ2v) is 7.60. The molecule has 2 heterocycles. The number of thioether (sulfide) groups is 1. The van der Waals surface area contributed by atoms with E-state index in [2.05, 4.69) is 4.72 Å². The highest BCUT2D eigenvalue weighted by Crippen LogP contribution is 2.25.